The lowest BCUT2D eigenvalue weighted by Gasteiger charge is -2.35. The number of alkyl halides is 2. The summed E-state index contributed by atoms with van der Waals surface area (Å²) in [5, 5.41) is -4.87. The third-order valence-corrected chi connectivity index (χ3v) is 10.7. The maximum Gasteiger partial charge on any atom is 0.367 e. The molecule has 0 spiro atoms. The van der Waals surface area contributed by atoms with E-state index >= 15 is 0 Å². The molecule has 0 aromatic heterocycles. The number of hydrogen-bond acceptors (Lipinski definition) is 9. The largest absolute Gasteiger partial charge is 0.743 e. The van der Waals surface area contributed by atoms with Gasteiger partial charge in [-0.15, -0.1) is 0 Å². The van der Waals surface area contributed by atoms with Crippen molar-refractivity contribution in [1.82, 2.24) is 0 Å². The Labute approximate surface area is 297 Å². The van der Waals surface area contributed by atoms with Crippen LogP contribution in [0.3, 0.4) is 0 Å². The van der Waals surface area contributed by atoms with Crippen LogP contribution in [0, 0.1) is 13.1 Å². The van der Waals surface area contributed by atoms with E-state index in [4.69, 9.17) is 9.47 Å². The molecule has 5 rings (SSSR count). The molecule has 0 amide bonds. The molecule has 14 heteroatoms. The van der Waals surface area contributed by atoms with Gasteiger partial charge in [0.25, 0.3) is 0 Å². The molecule has 47 heavy (non-hydrogen) atoms. The molecular formula is C33H29F2I2O9S-. The molecular weight excluding hydrogens is 864 g/mol. The molecule has 0 radical (unpaired) electrons. The van der Waals surface area contributed by atoms with Crippen molar-refractivity contribution in [3.8, 4) is 5.75 Å². The standard InChI is InChI=1S/C33H30F2I2O9S/c1-32(12-6-7-13-32)46-31(40)24(28-22-10-4-2-8-19(22)14-20-9-3-5-11-23(20)28)17-27(38)45-29-25(15-21(36)16-26(29)37)30(39)44-18-33(34,35)47(41,42)43/h2-5,8-11,15-16,24,28H,6-7,12-14,17-18H2,1H3,(H,41,42,43)/p-1. The van der Waals surface area contributed by atoms with Crippen molar-refractivity contribution in [2.45, 2.75) is 62.2 Å². The molecule has 1 saturated carbocycles. The summed E-state index contributed by atoms with van der Waals surface area (Å²) in [6.07, 6.45) is 3.38. The van der Waals surface area contributed by atoms with Gasteiger partial charge in [0.15, 0.2) is 22.5 Å². The van der Waals surface area contributed by atoms with E-state index in [1.54, 1.807) is 28.7 Å². The summed E-state index contributed by atoms with van der Waals surface area (Å²) in [6.45, 7) is -0.149. The van der Waals surface area contributed by atoms with Crippen molar-refractivity contribution in [2.75, 3.05) is 6.61 Å². The van der Waals surface area contributed by atoms with Crippen LogP contribution in [-0.2, 0) is 35.6 Å². The summed E-state index contributed by atoms with van der Waals surface area (Å²) >= 11 is 3.63. The second kappa shape index (κ2) is 14.0. The van der Waals surface area contributed by atoms with E-state index in [0.29, 0.717) is 22.8 Å². The van der Waals surface area contributed by atoms with Crippen LogP contribution in [-0.4, -0.2) is 48.3 Å². The number of halogens is 4. The first-order valence-electron chi connectivity index (χ1n) is 14.7. The van der Waals surface area contributed by atoms with Crippen LogP contribution >= 0.6 is 45.2 Å². The summed E-state index contributed by atoms with van der Waals surface area (Å²) in [5.74, 6) is -4.81. The van der Waals surface area contributed by atoms with Gasteiger partial charge in [-0.1, -0.05) is 48.5 Å². The van der Waals surface area contributed by atoms with E-state index in [0.717, 1.165) is 35.1 Å². The number of ether oxygens (including phenoxy) is 3. The molecule has 0 N–H and O–H groups in total. The van der Waals surface area contributed by atoms with Gasteiger partial charge in [0.2, 0.25) is 0 Å². The Morgan fingerprint density at radius 1 is 1.00 bits per heavy atom. The van der Waals surface area contributed by atoms with Gasteiger partial charge in [-0.3, -0.25) is 9.59 Å². The highest BCUT2D eigenvalue weighted by Crippen LogP contribution is 2.44. The zero-order valence-corrected chi connectivity index (χ0v) is 30.1. The second-order valence-electron chi connectivity index (χ2n) is 11.8. The lowest BCUT2D eigenvalue weighted by Crippen LogP contribution is -2.37. The second-order valence-corrected chi connectivity index (χ2v) is 15.8. The highest BCUT2D eigenvalue weighted by Gasteiger charge is 2.43. The van der Waals surface area contributed by atoms with Crippen molar-refractivity contribution in [3.05, 3.63) is 95.6 Å². The van der Waals surface area contributed by atoms with Crippen molar-refractivity contribution >= 4 is 73.2 Å². The first-order valence-corrected chi connectivity index (χ1v) is 18.2. The number of rotatable bonds is 10. The molecule has 1 fully saturated rings. The average Bonchev–Trinajstić information content (AvgIpc) is 3.43. The summed E-state index contributed by atoms with van der Waals surface area (Å²) in [4.78, 5) is 40.7. The van der Waals surface area contributed by atoms with Crippen LogP contribution in [0.4, 0.5) is 8.78 Å². The van der Waals surface area contributed by atoms with Crippen LogP contribution in [0.5, 0.6) is 5.75 Å². The van der Waals surface area contributed by atoms with E-state index in [9.17, 15) is 36.1 Å². The molecule has 1 unspecified atom stereocenters. The molecule has 0 heterocycles. The lowest BCUT2D eigenvalue weighted by molar-refractivity contribution is -0.165. The number of carbonyl (C=O) groups excluding carboxylic acids is 3. The molecule has 2 aliphatic carbocycles. The molecule has 3 aromatic rings. The Bertz CT molecular complexity index is 1780. The summed E-state index contributed by atoms with van der Waals surface area (Å²) in [6, 6.07) is 18.1. The van der Waals surface area contributed by atoms with Crippen LogP contribution in [0.25, 0.3) is 0 Å². The van der Waals surface area contributed by atoms with Crippen LogP contribution in [0.1, 0.15) is 77.6 Å². The first-order chi connectivity index (χ1) is 22.1. The Morgan fingerprint density at radius 2 is 1.57 bits per heavy atom. The van der Waals surface area contributed by atoms with Crippen molar-refractivity contribution in [1.29, 1.82) is 0 Å². The lowest BCUT2D eigenvalue weighted by atomic mass is 9.71. The summed E-state index contributed by atoms with van der Waals surface area (Å²) in [5.41, 5.74) is 2.63. The molecule has 250 valence electrons. The summed E-state index contributed by atoms with van der Waals surface area (Å²) in [7, 11) is -6.11. The molecule has 9 nitrogen and oxygen atoms in total. The van der Waals surface area contributed by atoms with E-state index in [2.05, 4.69) is 4.74 Å². The molecule has 1 atom stereocenters. The molecule has 0 aliphatic heterocycles. The SMILES string of the molecule is CC1(OC(=O)C(CC(=O)Oc2c(I)cc(I)cc2C(=O)OCC(F)(F)S(=O)(=O)[O-])C2c3ccccc3Cc3ccccc32)CCCC1. The predicted molar refractivity (Wildman–Crippen MR) is 181 cm³/mol. The van der Waals surface area contributed by atoms with Gasteiger partial charge in [-0.2, -0.15) is 8.78 Å². The summed E-state index contributed by atoms with van der Waals surface area (Å²) < 4.78 is 77.1. The van der Waals surface area contributed by atoms with Gasteiger partial charge in [-0.05, 0) is 119 Å². The quantitative estimate of drug-likeness (QED) is 0.0942. The third-order valence-electron chi connectivity index (χ3n) is 8.44. The molecule has 2 aliphatic rings. The Morgan fingerprint density at radius 3 is 2.15 bits per heavy atom. The average molecular weight is 893 g/mol. The number of carbonyl (C=O) groups is 3. The zero-order chi connectivity index (χ0) is 34.1. The molecule has 0 bridgehead atoms. The fourth-order valence-corrected chi connectivity index (χ4v) is 8.29. The number of hydrogen-bond donors (Lipinski definition) is 0. The number of fused-ring (bicyclic) bond motifs is 2. The maximum atomic E-state index is 14.1. The topological polar surface area (TPSA) is 136 Å². The highest BCUT2D eigenvalue weighted by atomic mass is 127. The predicted octanol–water partition coefficient (Wildman–Crippen LogP) is 6.71. The minimum Gasteiger partial charge on any atom is -0.743 e. The van der Waals surface area contributed by atoms with Gasteiger partial charge in [0.05, 0.1) is 15.9 Å². The van der Waals surface area contributed by atoms with Gasteiger partial charge >= 0.3 is 23.2 Å². The maximum absolute atomic E-state index is 14.1. The van der Waals surface area contributed by atoms with E-state index in [1.807, 2.05) is 78.0 Å². The normalized spacial score (nSPS) is 16.5. The Balaban J connectivity index is 1.48. The number of esters is 3. The van der Waals surface area contributed by atoms with Crippen LogP contribution in [0.2, 0.25) is 0 Å². The Kier molecular flexibility index (Phi) is 10.6. The van der Waals surface area contributed by atoms with Gasteiger partial charge in [0, 0.05) is 9.49 Å². The van der Waals surface area contributed by atoms with Crippen LogP contribution < -0.4 is 4.74 Å². The van der Waals surface area contributed by atoms with E-state index in [-0.39, 0.29) is 9.32 Å². The van der Waals surface area contributed by atoms with E-state index in [1.165, 1.54) is 6.07 Å². The minimum absolute atomic E-state index is 0.240. The van der Waals surface area contributed by atoms with Crippen molar-refractivity contribution in [2.24, 2.45) is 5.92 Å². The monoisotopic (exact) mass is 893 g/mol. The van der Waals surface area contributed by atoms with Gasteiger partial charge in [-0.25, -0.2) is 13.2 Å². The highest BCUT2D eigenvalue weighted by molar-refractivity contribution is 14.1. The van der Waals surface area contributed by atoms with Crippen molar-refractivity contribution < 1.29 is 50.3 Å². The Hall–Kier alpha value is -2.70. The first kappa shape index (κ1) is 35.6. The van der Waals surface area contributed by atoms with Gasteiger partial charge in [0.1, 0.15) is 11.2 Å². The van der Waals surface area contributed by atoms with Gasteiger partial charge < -0.3 is 18.8 Å². The minimum atomic E-state index is -6.11. The van der Waals surface area contributed by atoms with Crippen molar-refractivity contribution in [3.63, 3.8) is 0 Å². The van der Waals surface area contributed by atoms with E-state index < -0.39 is 69.3 Å². The fraction of sp³-hybridized carbons (Fsp3) is 0.364. The number of benzene rings is 3. The third kappa shape index (κ3) is 7.96. The zero-order valence-electron chi connectivity index (χ0n) is 25.0. The smallest absolute Gasteiger partial charge is 0.367 e. The molecule has 0 saturated heterocycles. The molecule has 3 aromatic carbocycles. The fourth-order valence-electron chi connectivity index (χ4n) is 6.13. The van der Waals surface area contributed by atoms with Crippen LogP contribution in [0.15, 0.2) is 60.7 Å².